The first-order valence-corrected chi connectivity index (χ1v) is 6.37. The fourth-order valence-electron chi connectivity index (χ4n) is 2.44. The lowest BCUT2D eigenvalue weighted by atomic mass is 9.78. The Balaban J connectivity index is 2.48. The molecule has 3 N–H and O–H groups in total. The van der Waals surface area contributed by atoms with E-state index in [0.717, 1.165) is 17.5 Å². The third-order valence-electron chi connectivity index (χ3n) is 3.85. The van der Waals surface area contributed by atoms with Crippen LogP contribution in [0, 0.1) is 5.41 Å². The van der Waals surface area contributed by atoms with Gasteiger partial charge in [-0.25, -0.2) is 4.79 Å². The maximum Gasteiger partial charge on any atom is 0.323 e. The molecule has 1 unspecified atom stereocenters. The third kappa shape index (κ3) is 2.20. The van der Waals surface area contributed by atoms with Gasteiger partial charge in [0, 0.05) is 6.04 Å². The normalized spacial score (nSPS) is 14.0. The lowest BCUT2D eigenvalue weighted by Gasteiger charge is -2.33. The maximum atomic E-state index is 11.3. The second kappa shape index (κ2) is 4.61. The Morgan fingerprint density at radius 3 is 2.56 bits per heavy atom. The molecule has 1 heterocycles. The molecule has 0 spiro atoms. The zero-order chi connectivity index (χ0) is 13.3. The topological polar surface area (TPSA) is 60.7 Å². The Hall–Kier alpha value is -1.55. The number of aromatic amines is 2. The minimum atomic E-state index is -0.155. The van der Waals surface area contributed by atoms with E-state index in [1.54, 1.807) is 0 Å². The van der Waals surface area contributed by atoms with Gasteiger partial charge in [-0.2, -0.15) is 0 Å². The minimum Gasteiger partial charge on any atom is -0.313 e. The molecule has 0 amide bonds. The van der Waals surface area contributed by atoms with Crippen molar-refractivity contribution < 1.29 is 0 Å². The summed E-state index contributed by atoms with van der Waals surface area (Å²) < 4.78 is 0. The summed E-state index contributed by atoms with van der Waals surface area (Å²) in [5.74, 6) is 0. The number of nitrogens with one attached hydrogen (secondary N) is 3. The van der Waals surface area contributed by atoms with Gasteiger partial charge in [0.15, 0.2) is 0 Å². The summed E-state index contributed by atoms with van der Waals surface area (Å²) in [4.78, 5) is 16.8. The Labute approximate surface area is 107 Å². The van der Waals surface area contributed by atoms with Crippen LogP contribution >= 0.6 is 0 Å². The number of rotatable bonds is 4. The Morgan fingerprint density at radius 1 is 1.28 bits per heavy atom. The van der Waals surface area contributed by atoms with Gasteiger partial charge in [0.2, 0.25) is 0 Å². The van der Waals surface area contributed by atoms with Crippen LogP contribution in [0.2, 0.25) is 0 Å². The monoisotopic (exact) mass is 247 g/mol. The van der Waals surface area contributed by atoms with Gasteiger partial charge >= 0.3 is 5.69 Å². The molecule has 0 saturated carbocycles. The van der Waals surface area contributed by atoms with E-state index in [2.05, 4.69) is 42.1 Å². The fourth-order valence-corrected chi connectivity index (χ4v) is 2.44. The predicted octanol–water partition coefficient (Wildman–Crippen LogP) is 2.55. The van der Waals surface area contributed by atoms with Crippen LogP contribution in [0.25, 0.3) is 11.0 Å². The smallest absolute Gasteiger partial charge is 0.313 e. The molecule has 4 nitrogen and oxygen atoms in total. The molecule has 18 heavy (non-hydrogen) atoms. The van der Waals surface area contributed by atoms with Crippen molar-refractivity contribution >= 4 is 11.0 Å². The molecule has 0 bridgehead atoms. The van der Waals surface area contributed by atoms with Gasteiger partial charge < -0.3 is 15.3 Å². The van der Waals surface area contributed by atoms with Crippen molar-refractivity contribution in [3.8, 4) is 0 Å². The van der Waals surface area contributed by atoms with Gasteiger partial charge in [-0.3, -0.25) is 0 Å². The Bertz CT molecular complexity index is 594. The standard InChI is InChI=1S/C14H21N3O/c1-5-14(2,3)12(15-4)9-6-7-10-11(8-9)17-13(18)16-10/h6-8,12,15H,5H2,1-4H3,(H2,16,17,18). The number of benzene rings is 1. The van der Waals surface area contributed by atoms with Crippen molar-refractivity contribution in [1.82, 2.24) is 15.3 Å². The van der Waals surface area contributed by atoms with Crippen molar-refractivity contribution in [2.75, 3.05) is 7.05 Å². The number of H-pyrrole nitrogens is 2. The van der Waals surface area contributed by atoms with E-state index < -0.39 is 0 Å². The van der Waals surface area contributed by atoms with Crippen molar-refractivity contribution in [3.63, 3.8) is 0 Å². The molecule has 0 aliphatic heterocycles. The van der Waals surface area contributed by atoms with E-state index in [0.29, 0.717) is 0 Å². The molecular formula is C14H21N3O. The predicted molar refractivity (Wildman–Crippen MR) is 74.8 cm³/mol. The maximum absolute atomic E-state index is 11.3. The number of aromatic nitrogens is 2. The van der Waals surface area contributed by atoms with Crippen LogP contribution in [0.15, 0.2) is 23.0 Å². The zero-order valence-corrected chi connectivity index (χ0v) is 11.4. The first kappa shape index (κ1) is 12.9. The van der Waals surface area contributed by atoms with Crippen LogP contribution in [-0.4, -0.2) is 17.0 Å². The van der Waals surface area contributed by atoms with Crippen molar-refractivity contribution in [2.45, 2.75) is 33.2 Å². The van der Waals surface area contributed by atoms with E-state index in [-0.39, 0.29) is 17.1 Å². The lowest BCUT2D eigenvalue weighted by Crippen LogP contribution is -2.31. The van der Waals surface area contributed by atoms with Gasteiger partial charge in [-0.05, 0) is 36.6 Å². The van der Waals surface area contributed by atoms with E-state index in [9.17, 15) is 4.79 Å². The molecule has 2 aromatic rings. The summed E-state index contributed by atoms with van der Waals surface area (Å²) in [6.07, 6.45) is 1.08. The summed E-state index contributed by atoms with van der Waals surface area (Å²) in [5, 5.41) is 3.38. The van der Waals surface area contributed by atoms with Crippen LogP contribution in [0.5, 0.6) is 0 Å². The number of hydrogen-bond acceptors (Lipinski definition) is 2. The third-order valence-corrected chi connectivity index (χ3v) is 3.85. The van der Waals surface area contributed by atoms with E-state index in [1.165, 1.54) is 5.56 Å². The molecule has 4 heteroatoms. The highest BCUT2D eigenvalue weighted by atomic mass is 16.1. The van der Waals surface area contributed by atoms with Gasteiger partial charge in [-0.1, -0.05) is 26.8 Å². The van der Waals surface area contributed by atoms with Gasteiger partial charge in [0.1, 0.15) is 0 Å². The average Bonchev–Trinajstić information content (AvgIpc) is 2.69. The highest BCUT2D eigenvalue weighted by Crippen LogP contribution is 2.36. The largest absolute Gasteiger partial charge is 0.323 e. The summed E-state index contributed by atoms with van der Waals surface area (Å²) in [5.41, 5.74) is 2.93. The lowest BCUT2D eigenvalue weighted by molar-refractivity contribution is 0.245. The van der Waals surface area contributed by atoms with Gasteiger partial charge in [-0.15, -0.1) is 0 Å². The van der Waals surface area contributed by atoms with Crippen molar-refractivity contribution in [3.05, 3.63) is 34.2 Å². The Morgan fingerprint density at radius 2 is 1.94 bits per heavy atom. The first-order valence-electron chi connectivity index (χ1n) is 6.37. The Kier molecular flexibility index (Phi) is 3.30. The van der Waals surface area contributed by atoms with Crippen LogP contribution < -0.4 is 11.0 Å². The second-order valence-electron chi connectivity index (χ2n) is 5.45. The van der Waals surface area contributed by atoms with Gasteiger partial charge in [0.25, 0.3) is 0 Å². The minimum absolute atomic E-state index is 0.155. The number of fused-ring (bicyclic) bond motifs is 1. The molecule has 0 radical (unpaired) electrons. The highest BCUT2D eigenvalue weighted by molar-refractivity contribution is 5.75. The number of hydrogen-bond donors (Lipinski definition) is 3. The van der Waals surface area contributed by atoms with Crippen LogP contribution in [0.1, 0.15) is 38.8 Å². The van der Waals surface area contributed by atoms with E-state index in [4.69, 9.17) is 0 Å². The first-order chi connectivity index (χ1) is 8.47. The highest BCUT2D eigenvalue weighted by Gasteiger charge is 2.27. The quantitative estimate of drug-likeness (QED) is 0.777. The summed E-state index contributed by atoms with van der Waals surface area (Å²) in [6, 6.07) is 6.35. The molecule has 0 saturated heterocycles. The molecule has 2 rings (SSSR count). The van der Waals surface area contributed by atoms with Crippen molar-refractivity contribution in [1.29, 1.82) is 0 Å². The van der Waals surface area contributed by atoms with E-state index in [1.807, 2.05) is 19.2 Å². The fraction of sp³-hybridized carbons (Fsp3) is 0.500. The van der Waals surface area contributed by atoms with E-state index >= 15 is 0 Å². The van der Waals surface area contributed by atoms with Crippen LogP contribution in [-0.2, 0) is 0 Å². The molecule has 0 aliphatic carbocycles. The second-order valence-corrected chi connectivity index (χ2v) is 5.45. The zero-order valence-electron chi connectivity index (χ0n) is 11.4. The molecule has 1 atom stereocenters. The molecule has 1 aromatic carbocycles. The molecule has 1 aromatic heterocycles. The molecule has 0 fully saturated rings. The molecule has 98 valence electrons. The number of imidazole rings is 1. The van der Waals surface area contributed by atoms with Crippen LogP contribution in [0.3, 0.4) is 0 Å². The summed E-state index contributed by atoms with van der Waals surface area (Å²) in [7, 11) is 1.98. The summed E-state index contributed by atoms with van der Waals surface area (Å²) >= 11 is 0. The average molecular weight is 247 g/mol. The molecular weight excluding hydrogens is 226 g/mol. The van der Waals surface area contributed by atoms with Crippen LogP contribution in [0.4, 0.5) is 0 Å². The molecule has 0 aliphatic rings. The summed E-state index contributed by atoms with van der Waals surface area (Å²) in [6.45, 7) is 6.69. The van der Waals surface area contributed by atoms with Gasteiger partial charge in [0.05, 0.1) is 11.0 Å². The SMILES string of the molecule is CCC(C)(C)C(NC)c1ccc2[nH]c(=O)[nH]c2c1. The van der Waals surface area contributed by atoms with Crippen molar-refractivity contribution in [2.24, 2.45) is 5.41 Å².